The van der Waals surface area contributed by atoms with Crippen LogP contribution in [0.1, 0.15) is 0 Å². The second kappa shape index (κ2) is 2.12. The van der Waals surface area contributed by atoms with Crippen molar-refractivity contribution in [2.75, 3.05) is 27.2 Å². The van der Waals surface area contributed by atoms with Gasteiger partial charge in [0.2, 0.25) is 0 Å². The molecule has 0 aliphatic carbocycles. The van der Waals surface area contributed by atoms with Gasteiger partial charge in [-0.15, -0.1) is 0 Å². The van der Waals surface area contributed by atoms with Crippen LogP contribution in [0, 0.1) is 0 Å². The Morgan fingerprint density at radius 1 is 1.56 bits per heavy atom. The van der Waals surface area contributed by atoms with E-state index in [0.717, 1.165) is 17.6 Å². The van der Waals surface area contributed by atoms with Gasteiger partial charge in [0.1, 0.15) is 12.6 Å². The lowest BCUT2D eigenvalue weighted by atomic mass is 10.2. The molecule has 1 atom stereocenters. The molecule has 0 saturated heterocycles. The van der Waals surface area contributed by atoms with Gasteiger partial charge in [-0.25, -0.2) is 0 Å². The van der Waals surface area contributed by atoms with Gasteiger partial charge in [0.25, 0.3) is 0 Å². The van der Waals surface area contributed by atoms with E-state index in [0.29, 0.717) is 0 Å². The summed E-state index contributed by atoms with van der Waals surface area (Å²) in [5.74, 6) is 0. The summed E-state index contributed by atoms with van der Waals surface area (Å²) >= 11 is 0. The molecule has 0 aromatic heterocycles. The first kappa shape index (κ1) is 6.78. The Labute approximate surface area is 56.0 Å². The van der Waals surface area contributed by atoms with E-state index in [1.54, 1.807) is 0 Å². The van der Waals surface area contributed by atoms with Crippen molar-refractivity contribution >= 4 is 0 Å². The fraction of sp³-hybridized carbons (Fsp3) is 0.714. The third-order valence-corrected chi connectivity index (χ3v) is 1.64. The Kier molecular flexibility index (Phi) is 1.60. The van der Waals surface area contributed by atoms with Crippen LogP contribution in [0.3, 0.4) is 0 Å². The fourth-order valence-corrected chi connectivity index (χ4v) is 1.15. The Hall–Kier alpha value is -0.340. The van der Waals surface area contributed by atoms with Gasteiger partial charge in [-0.1, -0.05) is 0 Å². The molecule has 1 aliphatic heterocycles. The van der Waals surface area contributed by atoms with Crippen molar-refractivity contribution in [3.8, 4) is 0 Å². The number of nitrogens with zero attached hydrogens (tertiary/aromatic N) is 1. The molecule has 1 unspecified atom stereocenters. The number of quaternary nitrogens is 1. The van der Waals surface area contributed by atoms with E-state index in [1.807, 2.05) is 12.2 Å². The van der Waals surface area contributed by atoms with Crippen LogP contribution in [0.4, 0.5) is 0 Å². The van der Waals surface area contributed by atoms with E-state index in [9.17, 15) is 0 Å². The van der Waals surface area contributed by atoms with E-state index >= 15 is 0 Å². The first-order valence-corrected chi connectivity index (χ1v) is 3.27. The Bertz CT molecular complexity index is 129. The number of aliphatic hydroxyl groups is 1. The highest BCUT2D eigenvalue weighted by Crippen LogP contribution is 2.06. The van der Waals surface area contributed by atoms with Gasteiger partial charge in [-0.3, -0.25) is 0 Å². The zero-order chi connectivity index (χ0) is 6.91. The molecular formula is C7H14NO+. The summed E-state index contributed by atoms with van der Waals surface area (Å²) in [6.45, 7) is 1.88. The second-order valence-corrected chi connectivity index (χ2v) is 3.30. The van der Waals surface area contributed by atoms with Gasteiger partial charge in [0.15, 0.2) is 0 Å². The van der Waals surface area contributed by atoms with Crippen LogP contribution >= 0.6 is 0 Å². The average Bonchev–Trinajstić information content (AvgIpc) is 1.60. The summed E-state index contributed by atoms with van der Waals surface area (Å²) in [4.78, 5) is 0. The monoisotopic (exact) mass is 128 g/mol. The molecule has 2 heteroatoms. The van der Waals surface area contributed by atoms with Crippen molar-refractivity contribution in [2.24, 2.45) is 0 Å². The zero-order valence-electron chi connectivity index (χ0n) is 6.04. The highest BCUT2D eigenvalue weighted by Gasteiger charge is 2.20. The molecule has 0 radical (unpaired) electrons. The van der Waals surface area contributed by atoms with Crippen LogP contribution in [0.15, 0.2) is 12.2 Å². The molecule has 0 amide bonds. The van der Waals surface area contributed by atoms with Crippen LogP contribution in [0.2, 0.25) is 0 Å². The van der Waals surface area contributed by atoms with Crippen molar-refractivity contribution in [2.45, 2.75) is 6.10 Å². The highest BCUT2D eigenvalue weighted by atomic mass is 16.3. The fourth-order valence-electron chi connectivity index (χ4n) is 1.15. The first-order chi connectivity index (χ1) is 4.10. The number of hydrogen-bond donors (Lipinski definition) is 1. The summed E-state index contributed by atoms with van der Waals surface area (Å²) in [5, 5.41) is 9.14. The van der Waals surface area contributed by atoms with Gasteiger partial charge >= 0.3 is 0 Å². The molecule has 52 valence electrons. The third kappa shape index (κ3) is 1.80. The molecule has 1 rings (SSSR count). The maximum atomic E-state index is 9.14. The first-order valence-electron chi connectivity index (χ1n) is 3.27. The van der Waals surface area contributed by atoms with Gasteiger partial charge in [0.05, 0.1) is 20.6 Å². The zero-order valence-corrected chi connectivity index (χ0v) is 6.04. The van der Waals surface area contributed by atoms with E-state index in [-0.39, 0.29) is 6.10 Å². The van der Waals surface area contributed by atoms with E-state index < -0.39 is 0 Å². The molecule has 1 N–H and O–H groups in total. The summed E-state index contributed by atoms with van der Waals surface area (Å²) in [7, 11) is 4.24. The molecular weight excluding hydrogens is 114 g/mol. The minimum Gasteiger partial charge on any atom is -0.383 e. The quantitative estimate of drug-likeness (QED) is 0.359. The summed E-state index contributed by atoms with van der Waals surface area (Å²) in [6.07, 6.45) is 3.67. The topological polar surface area (TPSA) is 20.2 Å². The molecule has 2 nitrogen and oxygen atoms in total. The van der Waals surface area contributed by atoms with Gasteiger partial charge < -0.3 is 9.59 Å². The van der Waals surface area contributed by atoms with Crippen LogP contribution in [0.25, 0.3) is 0 Å². The Balaban J connectivity index is 2.58. The summed E-state index contributed by atoms with van der Waals surface area (Å²) in [6, 6.07) is 0. The van der Waals surface area contributed by atoms with Crippen molar-refractivity contribution < 1.29 is 9.59 Å². The molecule has 0 saturated carbocycles. The largest absolute Gasteiger partial charge is 0.383 e. The maximum Gasteiger partial charge on any atom is 0.121 e. The van der Waals surface area contributed by atoms with E-state index in [2.05, 4.69) is 14.1 Å². The lowest BCUT2D eigenvalue weighted by Gasteiger charge is -2.32. The standard InChI is InChI=1S/C7H14NO/c1-8(2)5-3-4-7(9)6-8/h3-4,7,9H,5-6H2,1-2H3/q+1. The van der Waals surface area contributed by atoms with E-state index in [1.165, 1.54) is 0 Å². The smallest absolute Gasteiger partial charge is 0.121 e. The number of aliphatic hydroxyl groups excluding tert-OH is 1. The highest BCUT2D eigenvalue weighted by molar-refractivity contribution is 4.91. The van der Waals surface area contributed by atoms with Crippen LogP contribution in [-0.2, 0) is 0 Å². The normalized spacial score (nSPS) is 32.6. The van der Waals surface area contributed by atoms with Crippen molar-refractivity contribution in [1.29, 1.82) is 0 Å². The second-order valence-electron chi connectivity index (χ2n) is 3.30. The average molecular weight is 128 g/mol. The lowest BCUT2D eigenvalue weighted by molar-refractivity contribution is -0.888. The minimum absolute atomic E-state index is 0.228. The molecule has 1 aliphatic rings. The lowest BCUT2D eigenvalue weighted by Crippen LogP contribution is -2.47. The minimum atomic E-state index is -0.228. The van der Waals surface area contributed by atoms with Crippen molar-refractivity contribution in [1.82, 2.24) is 0 Å². The van der Waals surface area contributed by atoms with Crippen LogP contribution in [-0.4, -0.2) is 42.9 Å². The summed E-state index contributed by atoms with van der Waals surface area (Å²) < 4.78 is 0.900. The Morgan fingerprint density at radius 3 is 2.56 bits per heavy atom. The molecule has 0 aromatic rings. The molecule has 0 aromatic carbocycles. The number of hydrogen-bond acceptors (Lipinski definition) is 1. The molecule has 1 heterocycles. The summed E-state index contributed by atoms with van der Waals surface area (Å²) in [5.41, 5.74) is 0. The van der Waals surface area contributed by atoms with E-state index in [4.69, 9.17) is 5.11 Å². The SMILES string of the molecule is C[N+]1(C)CC=CC(O)C1. The number of likely N-dealkylation sites (N-methyl/N-ethyl adjacent to an activating group) is 1. The van der Waals surface area contributed by atoms with Gasteiger partial charge in [-0.05, 0) is 12.2 Å². The predicted molar refractivity (Wildman–Crippen MR) is 37.0 cm³/mol. The molecule has 0 fully saturated rings. The predicted octanol–water partition coefficient (Wildman–Crippen LogP) is -0.00650. The number of rotatable bonds is 0. The van der Waals surface area contributed by atoms with Gasteiger partial charge in [0, 0.05) is 0 Å². The van der Waals surface area contributed by atoms with Crippen LogP contribution in [0.5, 0.6) is 0 Å². The van der Waals surface area contributed by atoms with Crippen molar-refractivity contribution in [3.05, 3.63) is 12.2 Å². The molecule has 0 spiro atoms. The molecule has 0 bridgehead atoms. The third-order valence-electron chi connectivity index (χ3n) is 1.64. The van der Waals surface area contributed by atoms with Crippen LogP contribution < -0.4 is 0 Å². The molecule has 9 heavy (non-hydrogen) atoms. The Morgan fingerprint density at radius 2 is 2.22 bits per heavy atom. The maximum absolute atomic E-state index is 9.14. The van der Waals surface area contributed by atoms with Gasteiger partial charge in [-0.2, -0.15) is 0 Å². The van der Waals surface area contributed by atoms with Crippen molar-refractivity contribution in [3.63, 3.8) is 0 Å².